The summed E-state index contributed by atoms with van der Waals surface area (Å²) in [4.78, 5) is 36.4. The molecule has 2 aromatic rings. The monoisotopic (exact) mass is 384 g/mol. The van der Waals surface area contributed by atoms with E-state index in [-0.39, 0.29) is 18.8 Å². The zero-order chi connectivity index (χ0) is 20.1. The van der Waals surface area contributed by atoms with E-state index in [1.54, 1.807) is 31.2 Å². The van der Waals surface area contributed by atoms with Gasteiger partial charge in [0.25, 0.3) is 11.8 Å². The zero-order valence-corrected chi connectivity index (χ0v) is 15.0. The summed E-state index contributed by atoms with van der Waals surface area (Å²) in [6.45, 7) is 1.63. The molecule has 2 amide bonds. The molecule has 3 rings (SSSR count). The SMILES string of the molecule is CCOC(=O)COc1ccccc1/C=C1\C(=O)NN(c2ccc(F)cc2)C1=O. The number of halogens is 1. The summed E-state index contributed by atoms with van der Waals surface area (Å²) in [5.74, 6) is -1.84. The molecule has 144 valence electrons. The Kier molecular flexibility index (Phi) is 5.69. The molecule has 1 saturated heterocycles. The number of para-hydroxylation sites is 1. The summed E-state index contributed by atoms with van der Waals surface area (Å²) >= 11 is 0. The largest absolute Gasteiger partial charge is 0.481 e. The van der Waals surface area contributed by atoms with Crippen LogP contribution in [-0.2, 0) is 19.1 Å². The second-order valence-corrected chi connectivity index (χ2v) is 5.75. The van der Waals surface area contributed by atoms with Gasteiger partial charge in [-0.3, -0.25) is 15.0 Å². The lowest BCUT2D eigenvalue weighted by molar-refractivity contribution is -0.145. The number of hydrogen-bond acceptors (Lipinski definition) is 5. The van der Waals surface area contributed by atoms with Gasteiger partial charge in [-0.2, -0.15) is 0 Å². The van der Waals surface area contributed by atoms with Crippen molar-refractivity contribution in [1.29, 1.82) is 0 Å². The molecule has 0 atom stereocenters. The summed E-state index contributed by atoms with van der Waals surface area (Å²) < 4.78 is 23.3. The molecule has 0 radical (unpaired) electrons. The van der Waals surface area contributed by atoms with Crippen LogP contribution in [0.5, 0.6) is 5.75 Å². The van der Waals surface area contributed by atoms with E-state index in [1.165, 1.54) is 30.3 Å². The van der Waals surface area contributed by atoms with Crippen LogP contribution >= 0.6 is 0 Å². The highest BCUT2D eigenvalue weighted by molar-refractivity contribution is 6.31. The smallest absolute Gasteiger partial charge is 0.344 e. The standard InChI is InChI=1S/C20H17FN2O5/c1-2-27-18(24)12-28-17-6-4-3-5-13(17)11-16-19(25)22-23(20(16)26)15-9-7-14(21)8-10-15/h3-11H,2,12H2,1H3,(H,22,25)/b16-11+. The number of ether oxygens (including phenoxy) is 2. The van der Waals surface area contributed by atoms with Gasteiger partial charge in [-0.15, -0.1) is 0 Å². The van der Waals surface area contributed by atoms with E-state index < -0.39 is 23.6 Å². The molecule has 1 heterocycles. The summed E-state index contributed by atoms with van der Waals surface area (Å²) in [6.07, 6.45) is 1.38. The van der Waals surface area contributed by atoms with Gasteiger partial charge < -0.3 is 9.47 Å². The summed E-state index contributed by atoms with van der Waals surface area (Å²) in [6, 6.07) is 11.8. The van der Waals surface area contributed by atoms with E-state index in [2.05, 4.69) is 5.43 Å². The van der Waals surface area contributed by atoms with Crippen molar-refractivity contribution in [2.24, 2.45) is 0 Å². The summed E-state index contributed by atoms with van der Waals surface area (Å²) in [5.41, 5.74) is 3.10. The van der Waals surface area contributed by atoms with Crippen molar-refractivity contribution in [2.75, 3.05) is 18.2 Å². The molecule has 1 aliphatic heterocycles. The number of hydrogen-bond donors (Lipinski definition) is 1. The Bertz CT molecular complexity index is 940. The fourth-order valence-corrected chi connectivity index (χ4v) is 2.56. The molecule has 0 saturated carbocycles. The minimum atomic E-state index is -0.602. The van der Waals surface area contributed by atoms with Gasteiger partial charge in [0.15, 0.2) is 6.61 Å². The quantitative estimate of drug-likeness (QED) is 0.469. The van der Waals surface area contributed by atoms with Gasteiger partial charge in [0.05, 0.1) is 12.3 Å². The lowest BCUT2D eigenvalue weighted by Gasteiger charge is -2.14. The van der Waals surface area contributed by atoms with Crippen LogP contribution in [0.15, 0.2) is 54.1 Å². The van der Waals surface area contributed by atoms with Gasteiger partial charge in [-0.05, 0) is 43.3 Å². The molecule has 1 N–H and O–H groups in total. The number of benzene rings is 2. The van der Waals surface area contributed by atoms with Gasteiger partial charge in [0, 0.05) is 5.56 Å². The third kappa shape index (κ3) is 4.17. The Morgan fingerprint density at radius 2 is 1.86 bits per heavy atom. The van der Waals surface area contributed by atoms with E-state index in [1.807, 2.05) is 0 Å². The lowest BCUT2D eigenvalue weighted by atomic mass is 10.1. The van der Waals surface area contributed by atoms with E-state index in [4.69, 9.17) is 9.47 Å². The molecular formula is C20H17FN2O5. The van der Waals surface area contributed by atoms with Gasteiger partial charge in [-0.1, -0.05) is 18.2 Å². The highest BCUT2D eigenvalue weighted by atomic mass is 19.1. The fraction of sp³-hybridized carbons (Fsp3) is 0.150. The normalized spacial score (nSPS) is 14.9. The van der Waals surface area contributed by atoms with E-state index >= 15 is 0 Å². The molecule has 1 aliphatic rings. The molecule has 8 heteroatoms. The van der Waals surface area contributed by atoms with Crippen molar-refractivity contribution >= 4 is 29.5 Å². The minimum Gasteiger partial charge on any atom is -0.481 e. The number of carbonyl (C=O) groups excluding carboxylic acids is 3. The van der Waals surface area contributed by atoms with Crippen LogP contribution in [0.25, 0.3) is 6.08 Å². The van der Waals surface area contributed by atoms with Crippen molar-refractivity contribution in [3.63, 3.8) is 0 Å². The van der Waals surface area contributed by atoms with Crippen molar-refractivity contribution < 1.29 is 28.2 Å². The second-order valence-electron chi connectivity index (χ2n) is 5.75. The first-order valence-electron chi connectivity index (χ1n) is 8.49. The van der Waals surface area contributed by atoms with Crippen LogP contribution in [0, 0.1) is 5.82 Å². The molecule has 0 unspecified atom stereocenters. The molecule has 28 heavy (non-hydrogen) atoms. The molecule has 0 aliphatic carbocycles. The Balaban J connectivity index is 1.83. The van der Waals surface area contributed by atoms with Crippen LogP contribution in [0.2, 0.25) is 0 Å². The van der Waals surface area contributed by atoms with Crippen LogP contribution in [0.1, 0.15) is 12.5 Å². The number of nitrogens with zero attached hydrogens (tertiary/aromatic N) is 1. The molecular weight excluding hydrogens is 367 g/mol. The molecule has 7 nitrogen and oxygen atoms in total. The number of rotatable bonds is 6. The summed E-state index contributed by atoms with van der Waals surface area (Å²) in [5, 5.41) is 1.04. The maximum atomic E-state index is 13.1. The molecule has 2 aromatic carbocycles. The highest BCUT2D eigenvalue weighted by Gasteiger charge is 2.34. The number of esters is 1. The van der Waals surface area contributed by atoms with Crippen LogP contribution < -0.4 is 15.2 Å². The van der Waals surface area contributed by atoms with Gasteiger partial charge in [-0.25, -0.2) is 14.2 Å². The highest BCUT2D eigenvalue weighted by Crippen LogP contribution is 2.25. The maximum Gasteiger partial charge on any atom is 0.344 e. The predicted octanol–water partition coefficient (Wildman–Crippen LogP) is 2.23. The zero-order valence-electron chi connectivity index (χ0n) is 15.0. The number of nitrogens with one attached hydrogen (secondary N) is 1. The van der Waals surface area contributed by atoms with Gasteiger partial charge >= 0.3 is 5.97 Å². The topological polar surface area (TPSA) is 84.9 Å². The number of amides is 2. The van der Waals surface area contributed by atoms with Crippen LogP contribution in [0.3, 0.4) is 0 Å². The predicted molar refractivity (Wildman–Crippen MR) is 98.6 cm³/mol. The third-order valence-electron chi connectivity index (χ3n) is 3.85. The lowest BCUT2D eigenvalue weighted by Crippen LogP contribution is -2.35. The number of anilines is 1. The van der Waals surface area contributed by atoms with Crippen LogP contribution in [-0.4, -0.2) is 31.0 Å². The van der Waals surface area contributed by atoms with Gasteiger partial charge in [0.2, 0.25) is 0 Å². The fourth-order valence-electron chi connectivity index (χ4n) is 2.56. The average Bonchev–Trinajstić information content (AvgIpc) is 2.96. The first-order chi connectivity index (χ1) is 13.5. The summed E-state index contributed by atoms with van der Waals surface area (Å²) in [7, 11) is 0. The van der Waals surface area contributed by atoms with Crippen LogP contribution in [0.4, 0.5) is 10.1 Å². The minimum absolute atomic E-state index is 0.114. The molecule has 1 fully saturated rings. The number of carbonyl (C=O) groups is 3. The van der Waals surface area contributed by atoms with Crippen molar-refractivity contribution in [3.05, 3.63) is 65.5 Å². The third-order valence-corrected chi connectivity index (χ3v) is 3.85. The second kappa shape index (κ2) is 8.34. The molecule has 0 spiro atoms. The first kappa shape index (κ1) is 19.1. The van der Waals surface area contributed by atoms with Crippen molar-refractivity contribution in [1.82, 2.24) is 5.43 Å². The van der Waals surface area contributed by atoms with Crippen molar-refractivity contribution in [2.45, 2.75) is 6.92 Å². The van der Waals surface area contributed by atoms with Gasteiger partial charge in [0.1, 0.15) is 17.1 Å². The van der Waals surface area contributed by atoms with E-state index in [0.29, 0.717) is 17.0 Å². The maximum absolute atomic E-state index is 13.1. The van der Waals surface area contributed by atoms with E-state index in [9.17, 15) is 18.8 Å². The average molecular weight is 384 g/mol. The Labute approximate surface area is 160 Å². The van der Waals surface area contributed by atoms with Crippen molar-refractivity contribution in [3.8, 4) is 5.75 Å². The first-order valence-corrected chi connectivity index (χ1v) is 8.49. The van der Waals surface area contributed by atoms with E-state index in [0.717, 1.165) is 5.01 Å². The molecule has 0 aromatic heterocycles. The number of hydrazine groups is 1. The Morgan fingerprint density at radius 1 is 1.14 bits per heavy atom. The molecule has 0 bridgehead atoms. The Hall–Kier alpha value is -3.68. The Morgan fingerprint density at radius 3 is 2.57 bits per heavy atom.